The van der Waals surface area contributed by atoms with Gasteiger partial charge >= 0.3 is 0 Å². The van der Waals surface area contributed by atoms with Gasteiger partial charge in [-0.2, -0.15) is 4.31 Å². The zero-order valence-electron chi connectivity index (χ0n) is 15.7. The Bertz CT molecular complexity index is 947. The molecule has 0 spiro atoms. The highest BCUT2D eigenvalue weighted by Gasteiger charge is 2.33. The number of nitrogens with zero attached hydrogens (tertiary/aromatic N) is 2. The van der Waals surface area contributed by atoms with Crippen molar-refractivity contribution in [1.29, 1.82) is 0 Å². The molecule has 0 N–H and O–H groups in total. The van der Waals surface area contributed by atoms with Crippen molar-refractivity contribution in [2.75, 3.05) is 26.2 Å². The number of rotatable bonds is 4. The highest BCUT2D eigenvalue weighted by Crippen LogP contribution is 2.32. The number of hydrogen-bond acceptors (Lipinski definition) is 3. The molecule has 1 aliphatic rings. The molecule has 0 bridgehead atoms. The number of amides is 1. The number of carbonyl (C=O) groups excluding carboxylic acids is 1. The van der Waals surface area contributed by atoms with E-state index in [0.29, 0.717) is 24.6 Å². The van der Waals surface area contributed by atoms with Gasteiger partial charge in [-0.25, -0.2) is 8.42 Å². The minimum absolute atomic E-state index is 0.0811. The first-order valence-corrected chi connectivity index (χ1v) is 11.2. The molecular weight excluding hydrogens is 419 g/mol. The van der Waals surface area contributed by atoms with Crippen molar-refractivity contribution < 1.29 is 13.2 Å². The zero-order chi connectivity index (χ0) is 20.5. The predicted octanol–water partition coefficient (Wildman–Crippen LogP) is 4.26. The fourth-order valence-electron chi connectivity index (χ4n) is 3.18. The largest absolute Gasteiger partial charge is 0.336 e. The van der Waals surface area contributed by atoms with Gasteiger partial charge < -0.3 is 4.90 Å². The van der Waals surface area contributed by atoms with Gasteiger partial charge in [0, 0.05) is 31.7 Å². The second-order valence-electron chi connectivity index (χ2n) is 7.02. The molecule has 3 rings (SSSR count). The van der Waals surface area contributed by atoms with Crippen LogP contribution in [0.5, 0.6) is 0 Å². The first kappa shape index (κ1) is 21.1. The maximum atomic E-state index is 12.9. The lowest BCUT2D eigenvalue weighted by Crippen LogP contribution is -2.50. The summed E-state index contributed by atoms with van der Waals surface area (Å²) in [4.78, 5) is 14.3. The lowest BCUT2D eigenvalue weighted by Gasteiger charge is -2.34. The summed E-state index contributed by atoms with van der Waals surface area (Å²) in [6, 6.07) is 12.2. The van der Waals surface area contributed by atoms with Crippen molar-refractivity contribution >= 4 is 39.1 Å². The van der Waals surface area contributed by atoms with E-state index in [4.69, 9.17) is 23.2 Å². The lowest BCUT2D eigenvalue weighted by atomic mass is 10.0. The van der Waals surface area contributed by atoms with Crippen LogP contribution in [-0.2, 0) is 10.0 Å². The molecule has 150 valence electrons. The average molecular weight is 441 g/mol. The molecule has 5 nitrogen and oxygen atoms in total. The van der Waals surface area contributed by atoms with E-state index >= 15 is 0 Å². The molecule has 0 atom stereocenters. The second-order valence-corrected chi connectivity index (χ2v) is 9.71. The standard InChI is InChI=1S/C20H22Cl2N2O3S/c1-14(2)15-6-8-16(9-7-15)20(25)23-10-12-24(13-11-23)28(26,27)19-17(21)4-3-5-18(19)22/h3-9,14H,10-13H2,1-2H3. The molecule has 1 fully saturated rings. The summed E-state index contributed by atoms with van der Waals surface area (Å²) < 4.78 is 27.2. The summed E-state index contributed by atoms with van der Waals surface area (Å²) in [5, 5.41) is 0.187. The first-order chi connectivity index (χ1) is 13.2. The Kier molecular flexibility index (Phi) is 6.34. The summed E-state index contributed by atoms with van der Waals surface area (Å²) in [6.45, 7) is 5.21. The molecule has 8 heteroatoms. The van der Waals surface area contributed by atoms with Crippen LogP contribution in [-0.4, -0.2) is 49.7 Å². The van der Waals surface area contributed by atoms with Gasteiger partial charge in [-0.3, -0.25) is 4.79 Å². The highest BCUT2D eigenvalue weighted by atomic mass is 35.5. The average Bonchev–Trinajstić information content (AvgIpc) is 2.67. The number of benzene rings is 2. The van der Waals surface area contributed by atoms with E-state index in [1.807, 2.05) is 24.3 Å². The van der Waals surface area contributed by atoms with Crippen LogP contribution >= 0.6 is 23.2 Å². The molecule has 1 amide bonds. The van der Waals surface area contributed by atoms with Crippen LogP contribution in [0.2, 0.25) is 10.0 Å². The number of piperazine rings is 1. The molecule has 2 aromatic carbocycles. The minimum atomic E-state index is -3.82. The summed E-state index contributed by atoms with van der Waals surface area (Å²) in [6.07, 6.45) is 0. The molecule has 0 aromatic heterocycles. The van der Waals surface area contributed by atoms with E-state index < -0.39 is 10.0 Å². The van der Waals surface area contributed by atoms with E-state index in [2.05, 4.69) is 13.8 Å². The quantitative estimate of drug-likeness (QED) is 0.713. The van der Waals surface area contributed by atoms with E-state index in [0.717, 1.165) is 0 Å². The molecule has 0 radical (unpaired) electrons. The summed E-state index contributed by atoms with van der Waals surface area (Å²) >= 11 is 12.1. The van der Waals surface area contributed by atoms with Crippen LogP contribution in [0, 0.1) is 0 Å². The van der Waals surface area contributed by atoms with Gasteiger partial charge in [0.15, 0.2) is 0 Å². The smallest absolute Gasteiger partial charge is 0.253 e. The molecule has 28 heavy (non-hydrogen) atoms. The molecule has 2 aromatic rings. The molecular formula is C20H22Cl2N2O3S. The predicted molar refractivity (Wildman–Crippen MR) is 112 cm³/mol. The van der Waals surface area contributed by atoms with Crippen molar-refractivity contribution in [3.05, 3.63) is 63.6 Å². The fourth-order valence-corrected chi connectivity index (χ4v) is 5.70. The molecule has 1 aliphatic heterocycles. The third-order valence-corrected chi connectivity index (χ3v) is 7.72. The highest BCUT2D eigenvalue weighted by molar-refractivity contribution is 7.89. The number of halogens is 2. The van der Waals surface area contributed by atoms with Crippen molar-refractivity contribution in [2.24, 2.45) is 0 Å². The van der Waals surface area contributed by atoms with Gasteiger partial charge in [0.25, 0.3) is 5.91 Å². The Labute approximate surface area is 175 Å². The molecule has 0 saturated carbocycles. The van der Waals surface area contributed by atoms with Gasteiger partial charge in [0.1, 0.15) is 4.90 Å². The van der Waals surface area contributed by atoms with Gasteiger partial charge in [0.05, 0.1) is 10.0 Å². The van der Waals surface area contributed by atoms with E-state index in [1.54, 1.807) is 11.0 Å². The Morgan fingerprint density at radius 3 is 1.96 bits per heavy atom. The van der Waals surface area contributed by atoms with Crippen LogP contribution < -0.4 is 0 Å². The fraction of sp³-hybridized carbons (Fsp3) is 0.350. The maximum Gasteiger partial charge on any atom is 0.253 e. The first-order valence-electron chi connectivity index (χ1n) is 9.05. The second kappa shape index (κ2) is 8.41. The van der Waals surface area contributed by atoms with E-state index in [9.17, 15) is 13.2 Å². The molecule has 1 heterocycles. The number of sulfonamides is 1. The lowest BCUT2D eigenvalue weighted by molar-refractivity contribution is 0.0698. The van der Waals surface area contributed by atoms with Crippen molar-refractivity contribution in [3.63, 3.8) is 0 Å². The van der Waals surface area contributed by atoms with Crippen LogP contribution in [0.1, 0.15) is 35.7 Å². The summed E-state index contributed by atoms with van der Waals surface area (Å²) in [5.41, 5.74) is 1.78. The van der Waals surface area contributed by atoms with Crippen LogP contribution in [0.25, 0.3) is 0 Å². The zero-order valence-corrected chi connectivity index (χ0v) is 18.1. The number of carbonyl (C=O) groups is 1. The van der Waals surface area contributed by atoms with Gasteiger partial charge in [0.2, 0.25) is 10.0 Å². The van der Waals surface area contributed by atoms with Crippen LogP contribution in [0.3, 0.4) is 0 Å². The Morgan fingerprint density at radius 1 is 0.929 bits per heavy atom. The molecule has 1 saturated heterocycles. The van der Waals surface area contributed by atoms with Crippen molar-refractivity contribution in [2.45, 2.75) is 24.7 Å². The Morgan fingerprint density at radius 2 is 1.46 bits per heavy atom. The summed E-state index contributed by atoms with van der Waals surface area (Å²) in [5.74, 6) is 0.303. The van der Waals surface area contributed by atoms with Crippen molar-refractivity contribution in [1.82, 2.24) is 9.21 Å². The maximum absolute atomic E-state index is 12.9. The van der Waals surface area contributed by atoms with E-state index in [-0.39, 0.29) is 33.9 Å². The van der Waals surface area contributed by atoms with Gasteiger partial charge in [-0.05, 0) is 35.7 Å². The monoisotopic (exact) mass is 440 g/mol. The normalized spacial score (nSPS) is 15.8. The number of hydrogen-bond donors (Lipinski definition) is 0. The van der Waals surface area contributed by atoms with Crippen LogP contribution in [0.15, 0.2) is 47.4 Å². The van der Waals surface area contributed by atoms with Crippen molar-refractivity contribution in [3.8, 4) is 0 Å². The minimum Gasteiger partial charge on any atom is -0.336 e. The molecule has 0 unspecified atom stereocenters. The molecule has 0 aliphatic carbocycles. The van der Waals surface area contributed by atoms with Crippen LogP contribution in [0.4, 0.5) is 0 Å². The SMILES string of the molecule is CC(C)c1ccc(C(=O)N2CCN(S(=O)(=O)c3c(Cl)cccc3Cl)CC2)cc1. The summed E-state index contributed by atoms with van der Waals surface area (Å²) in [7, 11) is -3.82. The third-order valence-electron chi connectivity index (χ3n) is 4.87. The Balaban J connectivity index is 1.71. The third kappa shape index (κ3) is 4.20. The Hall–Kier alpha value is -1.60. The van der Waals surface area contributed by atoms with Gasteiger partial charge in [-0.1, -0.05) is 55.2 Å². The van der Waals surface area contributed by atoms with Gasteiger partial charge in [-0.15, -0.1) is 0 Å². The topological polar surface area (TPSA) is 57.7 Å². The van der Waals surface area contributed by atoms with E-state index in [1.165, 1.54) is 22.0 Å².